The minimum Gasteiger partial charge on any atom is -0.483 e. The second kappa shape index (κ2) is 6.40. The Labute approximate surface area is 128 Å². The van der Waals surface area contributed by atoms with Gasteiger partial charge < -0.3 is 15.4 Å². The second-order valence-corrected chi connectivity index (χ2v) is 7.43. The molecule has 21 heavy (non-hydrogen) atoms. The quantitative estimate of drug-likeness (QED) is 0.780. The average Bonchev–Trinajstić information content (AvgIpc) is 2.45. The van der Waals surface area contributed by atoms with Crippen molar-refractivity contribution in [2.75, 3.05) is 31.2 Å². The number of hydrogen-bond donors (Lipinski definition) is 1. The van der Waals surface area contributed by atoms with Crippen LogP contribution in [0.3, 0.4) is 0 Å². The Balaban J connectivity index is 1.95. The van der Waals surface area contributed by atoms with E-state index >= 15 is 0 Å². The number of ether oxygens (including phenoxy) is 1. The molecule has 1 heterocycles. The van der Waals surface area contributed by atoms with Gasteiger partial charge in [0.2, 0.25) is 0 Å². The maximum absolute atomic E-state index is 12.0. The van der Waals surface area contributed by atoms with Gasteiger partial charge in [-0.3, -0.25) is 4.79 Å². The number of carbonyl (C=O) groups is 1. The van der Waals surface area contributed by atoms with Crippen LogP contribution in [0.5, 0.6) is 5.75 Å². The van der Waals surface area contributed by atoms with Gasteiger partial charge in [-0.2, -0.15) is 0 Å². The molecule has 2 rings (SSSR count). The van der Waals surface area contributed by atoms with Gasteiger partial charge in [0.1, 0.15) is 10.7 Å². The Bertz CT molecular complexity index is 644. The number of amides is 1. The number of hydrogen-bond acceptors (Lipinski definition) is 5. The fraction of sp³-hybridized carbons (Fsp3) is 0.385. The molecule has 1 saturated heterocycles. The molecule has 0 unspecified atom stereocenters. The van der Waals surface area contributed by atoms with E-state index < -0.39 is 9.84 Å². The van der Waals surface area contributed by atoms with Crippen LogP contribution in [0.25, 0.3) is 0 Å². The molecular formula is C13H16N2O4S2. The zero-order valence-electron chi connectivity index (χ0n) is 11.3. The predicted octanol–water partition coefficient (Wildman–Crippen LogP) is -0.0434. The van der Waals surface area contributed by atoms with Crippen LogP contribution >= 0.6 is 12.2 Å². The second-order valence-electron chi connectivity index (χ2n) is 4.68. The summed E-state index contributed by atoms with van der Waals surface area (Å²) in [6, 6.07) is 6.94. The molecule has 1 aromatic rings. The lowest BCUT2D eigenvalue weighted by Crippen LogP contribution is -2.45. The lowest BCUT2D eigenvalue weighted by molar-refractivity contribution is -0.133. The first-order chi connectivity index (χ1) is 9.89. The third-order valence-corrected chi connectivity index (χ3v) is 5.03. The summed E-state index contributed by atoms with van der Waals surface area (Å²) in [4.78, 5) is 13.7. The molecule has 1 aliphatic rings. The molecule has 1 amide bonds. The fourth-order valence-corrected chi connectivity index (χ4v) is 3.36. The van der Waals surface area contributed by atoms with Gasteiger partial charge in [-0.05, 0) is 12.1 Å². The molecule has 114 valence electrons. The standard InChI is InChI=1S/C13H16N2O4S2/c14-13(20)10-3-1-2-4-11(10)19-9-12(16)15-5-7-21(17,18)8-6-15/h1-4H,5-9H2,(H2,14,20). The Kier molecular flexibility index (Phi) is 4.79. The first kappa shape index (κ1) is 15.7. The number of benzene rings is 1. The molecule has 2 N–H and O–H groups in total. The molecule has 0 aliphatic carbocycles. The summed E-state index contributed by atoms with van der Waals surface area (Å²) in [5, 5.41) is 0. The maximum Gasteiger partial charge on any atom is 0.260 e. The van der Waals surface area contributed by atoms with Crippen molar-refractivity contribution in [3.05, 3.63) is 29.8 Å². The molecule has 0 saturated carbocycles. The van der Waals surface area contributed by atoms with E-state index in [0.717, 1.165) is 0 Å². The monoisotopic (exact) mass is 328 g/mol. The normalized spacial score (nSPS) is 17.2. The minimum atomic E-state index is -3.00. The first-order valence-electron chi connectivity index (χ1n) is 6.39. The molecule has 0 atom stereocenters. The van der Waals surface area contributed by atoms with E-state index in [2.05, 4.69) is 0 Å². The molecular weight excluding hydrogens is 312 g/mol. The first-order valence-corrected chi connectivity index (χ1v) is 8.62. The molecule has 0 radical (unpaired) electrons. The van der Waals surface area contributed by atoms with Gasteiger partial charge in [0.25, 0.3) is 5.91 Å². The van der Waals surface area contributed by atoms with Crippen molar-refractivity contribution in [3.8, 4) is 5.75 Å². The molecule has 0 spiro atoms. The maximum atomic E-state index is 12.0. The van der Waals surface area contributed by atoms with Crippen molar-refractivity contribution in [1.29, 1.82) is 0 Å². The molecule has 1 aliphatic heterocycles. The number of nitrogens with zero attached hydrogens (tertiary/aromatic N) is 1. The number of carbonyl (C=O) groups excluding carboxylic acids is 1. The number of rotatable bonds is 4. The molecule has 0 bridgehead atoms. The molecule has 0 aromatic heterocycles. The van der Waals surface area contributed by atoms with Gasteiger partial charge in [0.05, 0.1) is 17.1 Å². The van der Waals surface area contributed by atoms with Crippen molar-refractivity contribution in [2.45, 2.75) is 0 Å². The van der Waals surface area contributed by atoms with Gasteiger partial charge >= 0.3 is 0 Å². The number of para-hydroxylation sites is 1. The highest BCUT2D eigenvalue weighted by Crippen LogP contribution is 2.17. The van der Waals surface area contributed by atoms with Crippen molar-refractivity contribution in [3.63, 3.8) is 0 Å². The fourth-order valence-electron chi connectivity index (χ4n) is 1.99. The summed E-state index contributed by atoms with van der Waals surface area (Å²) in [5.41, 5.74) is 6.15. The molecule has 1 aromatic carbocycles. The highest BCUT2D eigenvalue weighted by Gasteiger charge is 2.25. The average molecular weight is 328 g/mol. The van der Waals surface area contributed by atoms with E-state index in [9.17, 15) is 13.2 Å². The Morgan fingerprint density at radius 1 is 1.29 bits per heavy atom. The van der Waals surface area contributed by atoms with E-state index in [4.69, 9.17) is 22.7 Å². The van der Waals surface area contributed by atoms with Crippen LogP contribution in [0.1, 0.15) is 5.56 Å². The van der Waals surface area contributed by atoms with Gasteiger partial charge in [0, 0.05) is 13.1 Å². The molecule has 1 fully saturated rings. The Morgan fingerprint density at radius 3 is 2.52 bits per heavy atom. The molecule has 6 nitrogen and oxygen atoms in total. The zero-order chi connectivity index (χ0) is 15.5. The van der Waals surface area contributed by atoms with E-state index in [-0.39, 0.29) is 42.1 Å². The third-order valence-electron chi connectivity index (χ3n) is 3.20. The number of sulfone groups is 1. The van der Waals surface area contributed by atoms with Gasteiger partial charge in [-0.15, -0.1) is 0 Å². The Hall–Kier alpha value is -1.67. The Morgan fingerprint density at radius 2 is 1.90 bits per heavy atom. The van der Waals surface area contributed by atoms with Crippen LogP contribution in [0.4, 0.5) is 0 Å². The smallest absolute Gasteiger partial charge is 0.260 e. The van der Waals surface area contributed by atoms with Gasteiger partial charge in [-0.25, -0.2) is 8.42 Å². The summed E-state index contributed by atoms with van der Waals surface area (Å²) in [6.07, 6.45) is 0. The topological polar surface area (TPSA) is 89.7 Å². The van der Waals surface area contributed by atoms with Gasteiger partial charge in [-0.1, -0.05) is 24.4 Å². The van der Waals surface area contributed by atoms with Crippen LogP contribution in [-0.4, -0.2) is 55.4 Å². The third kappa shape index (κ3) is 4.15. The van der Waals surface area contributed by atoms with Gasteiger partial charge in [0.15, 0.2) is 16.4 Å². The van der Waals surface area contributed by atoms with Crippen LogP contribution in [0.15, 0.2) is 24.3 Å². The zero-order valence-corrected chi connectivity index (χ0v) is 13.0. The van der Waals surface area contributed by atoms with Crippen LogP contribution in [0, 0.1) is 0 Å². The number of nitrogens with two attached hydrogens (primary N) is 1. The van der Waals surface area contributed by atoms with E-state index in [0.29, 0.717) is 11.3 Å². The summed E-state index contributed by atoms with van der Waals surface area (Å²) >= 11 is 4.92. The van der Waals surface area contributed by atoms with E-state index in [1.807, 2.05) is 0 Å². The highest BCUT2D eigenvalue weighted by atomic mass is 32.2. The van der Waals surface area contributed by atoms with Crippen molar-refractivity contribution < 1.29 is 17.9 Å². The number of thiocarbonyl (C=S) groups is 1. The SMILES string of the molecule is NC(=S)c1ccccc1OCC(=O)N1CCS(=O)(=O)CC1. The largest absolute Gasteiger partial charge is 0.483 e. The summed E-state index contributed by atoms with van der Waals surface area (Å²) in [6.45, 7) is 0.253. The van der Waals surface area contributed by atoms with Crippen LogP contribution in [-0.2, 0) is 14.6 Å². The molecule has 8 heteroatoms. The van der Waals surface area contributed by atoms with Crippen molar-refractivity contribution in [2.24, 2.45) is 5.73 Å². The van der Waals surface area contributed by atoms with Crippen LogP contribution < -0.4 is 10.5 Å². The summed E-state index contributed by atoms with van der Waals surface area (Å²) in [7, 11) is -3.00. The summed E-state index contributed by atoms with van der Waals surface area (Å²) in [5.74, 6) is 0.204. The highest BCUT2D eigenvalue weighted by molar-refractivity contribution is 7.91. The van der Waals surface area contributed by atoms with Crippen LogP contribution in [0.2, 0.25) is 0 Å². The van der Waals surface area contributed by atoms with Crippen molar-refractivity contribution >= 4 is 33.0 Å². The van der Waals surface area contributed by atoms with Crippen molar-refractivity contribution in [1.82, 2.24) is 4.90 Å². The minimum absolute atomic E-state index is 0.00220. The van der Waals surface area contributed by atoms with E-state index in [1.54, 1.807) is 24.3 Å². The van der Waals surface area contributed by atoms with E-state index in [1.165, 1.54) is 4.90 Å². The lowest BCUT2D eigenvalue weighted by atomic mass is 10.2. The summed E-state index contributed by atoms with van der Waals surface area (Å²) < 4.78 is 28.1. The predicted molar refractivity (Wildman–Crippen MR) is 83.1 cm³/mol. The lowest BCUT2D eigenvalue weighted by Gasteiger charge is -2.26.